The molecule has 2 saturated heterocycles. The maximum Gasteiger partial charge on any atom is 0.262 e. The number of rotatable bonds is 7. The minimum absolute atomic E-state index is 0.00529. The predicted molar refractivity (Wildman–Crippen MR) is 191 cm³/mol. The summed E-state index contributed by atoms with van der Waals surface area (Å²) in [7, 11) is 0. The Balaban J connectivity index is 0.801. The summed E-state index contributed by atoms with van der Waals surface area (Å²) in [6, 6.07) is 17.4. The monoisotopic (exact) mass is 735 g/mol. The van der Waals surface area contributed by atoms with E-state index >= 15 is 0 Å². The average Bonchev–Trinajstić information content (AvgIpc) is 3.69. The van der Waals surface area contributed by atoms with Crippen LogP contribution in [0.2, 0.25) is 5.02 Å². The molecule has 4 aliphatic heterocycles. The van der Waals surface area contributed by atoms with Gasteiger partial charge in [-0.05, 0) is 105 Å². The lowest BCUT2D eigenvalue weighted by molar-refractivity contribution is -0.136. The van der Waals surface area contributed by atoms with Crippen LogP contribution in [0.4, 0.5) is 0 Å². The molecule has 0 radical (unpaired) electrons. The number of hydrogen-bond donors (Lipinski definition) is 1. The molecule has 53 heavy (non-hydrogen) atoms. The number of halogens is 1. The number of nitrogens with one attached hydrogen (secondary N) is 1. The Morgan fingerprint density at radius 3 is 1.92 bits per heavy atom. The number of ether oxygens (including phenoxy) is 2. The highest BCUT2D eigenvalue weighted by Crippen LogP contribution is 2.36. The number of likely N-dealkylation sites (tertiary alicyclic amines) is 1. The second-order valence-corrected chi connectivity index (χ2v) is 14.9. The van der Waals surface area contributed by atoms with Crippen LogP contribution < -0.4 is 14.8 Å². The fourth-order valence-corrected chi connectivity index (χ4v) is 8.47. The Hall–Kier alpha value is -5.25. The summed E-state index contributed by atoms with van der Waals surface area (Å²) in [5.74, 6) is -0.613. The van der Waals surface area contributed by atoms with Crippen LogP contribution in [0.3, 0.4) is 0 Å². The molecular weight excluding hydrogens is 698 g/mol. The van der Waals surface area contributed by atoms with E-state index in [-0.39, 0.29) is 37.0 Å². The van der Waals surface area contributed by atoms with Crippen molar-refractivity contribution in [2.24, 2.45) is 0 Å². The Labute approximate surface area is 311 Å². The highest BCUT2D eigenvalue weighted by molar-refractivity contribution is 6.31. The van der Waals surface area contributed by atoms with Gasteiger partial charge in [-0.1, -0.05) is 11.6 Å². The normalized spacial score (nSPS) is 23.4. The molecule has 3 aromatic carbocycles. The van der Waals surface area contributed by atoms with Crippen molar-refractivity contribution in [3.8, 4) is 17.6 Å². The smallest absolute Gasteiger partial charge is 0.262 e. The van der Waals surface area contributed by atoms with Gasteiger partial charge in [-0.25, -0.2) is 0 Å². The van der Waals surface area contributed by atoms with Gasteiger partial charge in [-0.2, -0.15) is 5.26 Å². The van der Waals surface area contributed by atoms with E-state index in [1.54, 1.807) is 30.3 Å². The number of fused-ring (bicyclic) bond motifs is 2. The third-order valence-corrected chi connectivity index (χ3v) is 11.5. The number of amides is 5. The van der Waals surface area contributed by atoms with Crippen molar-refractivity contribution in [3.05, 3.63) is 93.0 Å². The number of carbonyl (C=O) groups is 5. The van der Waals surface area contributed by atoms with E-state index in [1.807, 2.05) is 29.2 Å². The van der Waals surface area contributed by atoms with Gasteiger partial charge in [-0.3, -0.25) is 39.1 Å². The Bertz CT molecular complexity index is 2000. The fraction of sp³-hybridized carbons (Fsp3) is 0.400. The van der Waals surface area contributed by atoms with E-state index in [4.69, 9.17) is 26.3 Å². The molecule has 0 aromatic heterocycles. The molecule has 1 aliphatic carbocycles. The molecule has 13 heteroatoms. The molecule has 0 bridgehead atoms. The molecule has 1 saturated carbocycles. The Kier molecular flexibility index (Phi) is 9.39. The van der Waals surface area contributed by atoms with Gasteiger partial charge in [-0.15, -0.1) is 0 Å². The topological polar surface area (TPSA) is 149 Å². The first-order chi connectivity index (χ1) is 25.6. The summed E-state index contributed by atoms with van der Waals surface area (Å²) in [6.45, 7) is 2.54. The number of nitrogens with zero attached hydrogens (tertiary/aromatic N) is 4. The molecule has 1 N–H and O–H groups in total. The van der Waals surface area contributed by atoms with Crippen LogP contribution in [0, 0.1) is 11.3 Å². The molecule has 3 fully saturated rings. The molecule has 1 atom stereocenters. The van der Waals surface area contributed by atoms with Gasteiger partial charge < -0.3 is 14.4 Å². The SMILES string of the molecule is N#Cc1ccc(O[C@H]2CC[C@H](Oc3ccc(C(=O)N4CCC(N5Cc6cc7c(cc6C5)C(=O)N(C5CCC(=O)NC5=O)C7=O)CC4)cc3)CC2)cc1Cl. The van der Waals surface area contributed by atoms with Crippen molar-refractivity contribution in [1.29, 1.82) is 5.26 Å². The van der Waals surface area contributed by atoms with Gasteiger partial charge in [0, 0.05) is 50.3 Å². The van der Waals surface area contributed by atoms with Gasteiger partial charge in [0.1, 0.15) is 23.6 Å². The van der Waals surface area contributed by atoms with Crippen LogP contribution in [0.5, 0.6) is 11.5 Å². The third-order valence-electron chi connectivity index (χ3n) is 11.2. The number of piperidine rings is 2. The number of nitriles is 1. The van der Waals surface area contributed by atoms with Crippen LogP contribution in [-0.4, -0.2) is 81.6 Å². The van der Waals surface area contributed by atoms with Crippen molar-refractivity contribution < 1.29 is 33.4 Å². The lowest BCUT2D eigenvalue weighted by atomic mass is 9.95. The van der Waals surface area contributed by atoms with Crippen LogP contribution in [0.25, 0.3) is 0 Å². The molecule has 0 spiro atoms. The molecule has 5 amide bonds. The molecule has 3 aromatic rings. The van der Waals surface area contributed by atoms with Crippen LogP contribution in [0.15, 0.2) is 54.6 Å². The predicted octanol–water partition coefficient (Wildman–Crippen LogP) is 5.00. The largest absolute Gasteiger partial charge is 0.490 e. The second-order valence-electron chi connectivity index (χ2n) is 14.5. The number of hydrogen-bond acceptors (Lipinski definition) is 9. The summed E-state index contributed by atoms with van der Waals surface area (Å²) >= 11 is 6.15. The van der Waals surface area contributed by atoms with Crippen molar-refractivity contribution in [3.63, 3.8) is 0 Å². The first-order valence-corrected chi connectivity index (χ1v) is 18.6. The van der Waals surface area contributed by atoms with Crippen molar-refractivity contribution in [1.82, 2.24) is 20.0 Å². The second kappa shape index (κ2) is 14.3. The van der Waals surface area contributed by atoms with Crippen molar-refractivity contribution >= 4 is 41.1 Å². The average molecular weight is 736 g/mol. The summed E-state index contributed by atoms with van der Waals surface area (Å²) in [6.07, 6.45) is 5.31. The summed E-state index contributed by atoms with van der Waals surface area (Å²) in [5, 5.41) is 11.7. The van der Waals surface area contributed by atoms with E-state index in [9.17, 15) is 24.0 Å². The third kappa shape index (κ3) is 6.87. The first-order valence-electron chi connectivity index (χ1n) is 18.2. The molecule has 5 aliphatic rings. The molecule has 272 valence electrons. The van der Waals surface area contributed by atoms with Gasteiger partial charge in [0.15, 0.2) is 0 Å². The molecule has 1 unspecified atom stereocenters. The molecule has 8 rings (SSSR count). The zero-order valence-electron chi connectivity index (χ0n) is 29.0. The van der Waals surface area contributed by atoms with Gasteiger partial charge >= 0.3 is 0 Å². The maximum absolute atomic E-state index is 13.4. The first kappa shape index (κ1) is 34.8. The Morgan fingerprint density at radius 2 is 1.36 bits per heavy atom. The number of imide groups is 2. The van der Waals surface area contributed by atoms with E-state index in [1.165, 1.54) is 0 Å². The standard InChI is InChI=1S/C40H38ClN5O7/c41-34-19-31(6-3-24(34)20-42)53-30-9-7-29(8-10-30)52-28-4-1-23(2-5-28)38(49)44-15-13-27(14-16-44)45-21-25-17-32-33(18-26(25)22-45)40(51)46(39(32)50)35-11-12-36(47)43-37(35)48/h1-6,17-19,27,29-30,35H,7-16,21-22H2,(H,43,47,48)/t29-,30-,35?. The van der Waals surface area contributed by atoms with Crippen LogP contribution >= 0.6 is 11.6 Å². The maximum atomic E-state index is 13.4. The zero-order chi connectivity index (χ0) is 36.8. The van der Waals surface area contributed by atoms with Gasteiger partial charge in [0.2, 0.25) is 11.8 Å². The number of benzene rings is 3. The zero-order valence-corrected chi connectivity index (χ0v) is 29.8. The van der Waals surface area contributed by atoms with Crippen molar-refractivity contribution in [2.45, 2.75) is 88.7 Å². The van der Waals surface area contributed by atoms with Crippen LogP contribution in [0.1, 0.15) is 99.1 Å². The fourth-order valence-electron chi connectivity index (χ4n) is 8.26. The quantitative estimate of drug-likeness (QED) is 0.331. The van der Waals surface area contributed by atoms with Gasteiger partial charge in [0.25, 0.3) is 17.7 Å². The minimum atomic E-state index is -0.980. The van der Waals surface area contributed by atoms with E-state index in [0.29, 0.717) is 59.2 Å². The molecule has 4 heterocycles. The summed E-state index contributed by atoms with van der Waals surface area (Å²) in [5.41, 5.74) is 3.64. The van der Waals surface area contributed by atoms with Gasteiger partial charge in [0.05, 0.1) is 33.9 Å². The number of carbonyl (C=O) groups excluding carboxylic acids is 5. The Morgan fingerprint density at radius 1 is 0.774 bits per heavy atom. The highest BCUT2D eigenvalue weighted by Gasteiger charge is 2.45. The van der Waals surface area contributed by atoms with E-state index < -0.39 is 29.7 Å². The van der Waals surface area contributed by atoms with Crippen LogP contribution in [-0.2, 0) is 22.7 Å². The molecule has 12 nitrogen and oxygen atoms in total. The highest BCUT2D eigenvalue weighted by atomic mass is 35.5. The van der Waals surface area contributed by atoms with Crippen molar-refractivity contribution in [2.75, 3.05) is 13.1 Å². The molecular formula is C40H38ClN5O7. The lowest BCUT2D eigenvalue weighted by Crippen LogP contribution is -2.54. The van der Waals surface area contributed by atoms with E-state index in [0.717, 1.165) is 60.3 Å². The lowest BCUT2D eigenvalue weighted by Gasteiger charge is -2.36. The van der Waals surface area contributed by atoms with E-state index in [2.05, 4.69) is 16.3 Å². The summed E-state index contributed by atoms with van der Waals surface area (Å²) in [4.78, 5) is 69.3. The summed E-state index contributed by atoms with van der Waals surface area (Å²) < 4.78 is 12.3. The minimum Gasteiger partial charge on any atom is -0.490 e.